The van der Waals surface area contributed by atoms with Gasteiger partial charge in [0.15, 0.2) is 0 Å². The number of nitrogens with zero attached hydrogens (tertiary/aromatic N) is 1. The molecule has 3 nitrogen and oxygen atoms in total. The summed E-state index contributed by atoms with van der Waals surface area (Å²) in [5.41, 5.74) is 2.27. The summed E-state index contributed by atoms with van der Waals surface area (Å²) in [5.74, 6) is 0. The maximum Gasteiger partial charge on any atom is 0.318 e. The van der Waals surface area contributed by atoms with Gasteiger partial charge in [0.05, 0.1) is 6.04 Å². The third-order valence-corrected chi connectivity index (χ3v) is 3.64. The van der Waals surface area contributed by atoms with Crippen LogP contribution in [0.1, 0.15) is 37.4 Å². The Kier molecular flexibility index (Phi) is 6.01. The second-order valence-electron chi connectivity index (χ2n) is 5.49. The van der Waals surface area contributed by atoms with Crippen LogP contribution in [-0.4, -0.2) is 17.5 Å². The average molecular weight is 296 g/mol. The Hall–Kier alpha value is -2.29. The summed E-state index contributed by atoms with van der Waals surface area (Å²) < 4.78 is 0. The maximum atomic E-state index is 12.5. The van der Waals surface area contributed by atoms with Crippen LogP contribution in [0.3, 0.4) is 0 Å². The van der Waals surface area contributed by atoms with Gasteiger partial charge in [-0.25, -0.2) is 4.79 Å². The predicted octanol–water partition coefficient (Wildman–Crippen LogP) is 4.37. The molecule has 0 bridgehead atoms. The van der Waals surface area contributed by atoms with Gasteiger partial charge in [0, 0.05) is 13.1 Å². The van der Waals surface area contributed by atoms with Crippen molar-refractivity contribution < 1.29 is 4.79 Å². The van der Waals surface area contributed by atoms with Crippen LogP contribution in [0.4, 0.5) is 4.79 Å². The van der Waals surface area contributed by atoms with Gasteiger partial charge in [-0.1, -0.05) is 67.6 Å². The Labute approximate surface area is 133 Å². The summed E-state index contributed by atoms with van der Waals surface area (Å²) in [7, 11) is 0. The summed E-state index contributed by atoms with van der Waals surface area (Å²) >= 11 is 0. The SMILES string of the molecule is CCCN(Cc1ccccc1)C(=O)N[C@H](C)c1ccccc1. The number of hydrogen-bond acceptors (Lipinski definition) is 1. The summed E-state index contributed by atoms with van der Waals surface area (Å²) in [5, 5.41) is 3.09. The number of benzene rings is 2. The molecule has 3 heteroatoms. The zero-order valence-corrected chi connectivity index (χ0v) is 13.3. The van der Waals surface area contributed by atoms with Gasteiger partial charge in [-0.05, 0) is 24.5 Å². The first-order valence-electron chi connectivity index (χ1n) is 7.85. The molecule has 0 aliphatic heterocycles. The molecule has 0 aliphatic rings. The Balaban J connectivity index is 2.00. The van der Waals surface area contributed by atoms with Gasteiger partial charge in [0.25, 0.3) is 0 Å². The van der Waals surface area contributed by atoms with Crippen LogP contribution in [0, 0.1) is 0 Å². The Morgan fingerprint density at radius 2 is 1.64 bits per heavy atom. The Bertz CT molecular complexity index is 569. The largest absolute Gasteiger partial charge is 0.331 e. The van der Waals surface area contributed by atoms with Crippen molar-refractivity contribution in [1.29, 1.82) is 0 Å². The lowest BCUT2D eigenvalue weighted by molar-refractivity contribution is 0.192. The molecule has 2 aromatic rings. The van der Waals surface area contributed by atoms with E-state index >= 15 is 0 Å². The van der Waals surface area contributed by atoms with E-state index in [9.17, 15) is 4.79 Å². The van der Waals surface area contributed by atoms with Gasteiger partial charge in [0.2, 0.25) is 0 Å². The van der Waals surface area contributed by atoms with E-state index in [0.717, 1.165) is 24.1 Å². The molecule has 0 radical (unpaired) electrons. The second-order valence-corrected chi connectivity index (χ2v) is 5.49. The molecule has 2 aromatic carbocycles. The van der Waals surface area contributed by atoms with Crippen molar-refractivity contribution in [2.24, 2.45) is 0 Å². The summed E-state index contributed by atoms with van der Waals surface area (Å²) in [6.07, 6.45) is 0.944. The van der Waals surface area contributed by atoms with Gasteiger partial charge in [-0.15, -0.1) is 0 Å². The van der Waals surface area contributed by atoms with Crippen molar-refractivity contribution in [3.05, 3.63) is 71.8 Å². The molecule has 1 atom stereocenters. The highest BCUT2D eigenvalue weighted by atomic mass is 16.2. The zero-order valence-electron chi connectivity index (χ0n) is 13.3. The fourth-order valence-corrected chi connectivity index (χ4v) is 2.43. The van der Waals surface area contributed by atoms with E-state index in [1.54, 1.807) is 0 Å². The number of carbonyl (C=O) groups excluding carboxylic acids is 1. The van der Waals surface area contributed by atoms with Crippen molar-refractivity contribution in [2.45, 2.75) is 32.9 Å². The van der Waals surface area contributed by atoms with Gasteiger partial charge >= 0.3 is 6.03 Å². The average Bonchev–Trinajstić information content (AvgIpc) is 2.56. The molecule has 0 saturated heterocycles. The van der Waals surface area contributed by atoms with Crippen molar-refractivity contribution >= 4 is 6.03 Å². The topological polar surface area (TPSA) is 32.3 Å². The molecule has 0 aromatic heterocycles. The third-order valence-electron chi connectivity index (χ3n) is 3.64. The van der Waals surface area contributed by atoms with Crippen LogP contribution >= 0.6 is 0 Å². The van der Waals surface area contributed by atoms with Crippen LogP contribution < -0.4 is 5.32 Å². The van der Waals surface area contributed by atoms with E-state index in [4.69, 9.17) is 0 Å². The predicted molar refractivity (Wildman–Crippen MR) is 90.5 cm³/mol. The van der Waals surface area contributed by atoms with Gasteiger partial charge in [0.1, 0.15) is 0 Å². The van der Waals surface area contributed by atoms with Crippen LogP contribution in [0.15, 0.2) is 60.7 Å². The Morgan fingerprint density at radius 3 is 2.23 bits per heavy atom. The monoisotopic (exact) mass is 296 g/mol. The first kappa shape index (κ1) is 16.1. The Morgan fingerprint density at radius 1 is 1.05 bits per heavy atom. The number of amides is 2. The fourth-order valence-electron chi connectivity index (χ4n) is 2.43. The highest BCUT2D eigenvalue weighted by Gasteiger charge is 2.16. The molecule has 0 unspecified atom stereocenters. The molecule has 116 valence electrons. The summed E-state index contributed by atoms with van der Waals surface area (Å²) in [4.78, 5) is 14.4. The van der Waals surface area contributed by atoms with Gasteiger partial charge in [-0.2, -0.15) is 0 Å². The van der Waals surface area contributed by atoms with E-state index in [0.29, 0.717) is 6.54 Å². The summed E-state index contributed by atoms with van der Waals surface area (Å²) in [6.45, 7) is 5.50. The molecular weight excluding hydrogens is 272 g/mol. The van der Waals surface area contributed by atoms with Crippen molar-refractivity contribution in [3.8, 4) is 0 Å². The summed E-state index contributed by atoms with van der Waals surface area (Å²) in [6, 6.07) is 20.1. The molecule has 0 spiro atoms. The quantitative estimate of drug-likeness (QED) is 0.843. The highest BCUT2D eigenvalue weighted by molar-refractivity contribution is 5.74. The number of urea groups is 1. The third kappa shape index (κ3) is 4.62. The number of hydrogen-bond donors (Lipinski definition) is 1. The maximum absolute atomic E-state index is 12.5. The minimum absolute atomic E-state index is 0.00355. The van der Waals surface area contributed by atoms with Crippen LogP contribution in [0.25, 0.3) is 0 Å². The normalized spacial score (nSPS) is 11.7. The van der Waals surface area contributed by atoms with Crippen molar-refractivity contribution in [3.63, 3.8) is 0 Å². The molecule has 0 heterocycles. The minimum atomic E-state index is -0.0120. The number of rotatable bonds is 6. The highest BCUT2D eigenvalue weighted by Crippen LogP contribution is 2.13. The first-order chi connectivity index (χ1) is 10.7. The molecule has 2 rings (SSSR count). The number of nitrogens with one attached hydrogen (secondary N) is 1. The molecular formula is C19H24N2O. The van der Waals surface area contributed by atoms with E-state index in [1.165, 1.54) is 0 Å². The second kappa shape index (κ2) is 8.23. The molecule has 2 amide bonds. The molecule has 0 fully saturated rings. The van der Waals surface area contributed by atoms with E-state index < -0.39 is 0 Å². The van der Waals surface area contributed by atoms with Crippen molar-refractivity contribution in [1.82, 2.24) is 10.2 Å². The lowest BCUT2D eigenvalue weighted by Gasteiger charge is -2.25. The lowest BCUT2D eigenvalue weighted by Crippen LogP contribution is -2.41. The molecule has 1 N–H and O–H groups in total. The van der Waals surface area contributed by atoms with Crippen molar-refractivity contribution in [2.75, 3.05) is 6.54 Å². The van der Waals surface area contributed by atoms with E-state index in [1.807, 2.05) is 60.4 Å². The van der Waals surface area contributed by atoms with E-state index in [-0.39, 0.29) is 12.1 Å². The number of carbonyl (C=O) groups is 1. The molecule has 0 saturated carbocycles. The van der Waals surface area contributed by atoms with Gasteiger partial charge in [-0.3, -0.25) is 0 Å². The smallest absolute Gasteiger partial charge is 0.318 e. The molecule has 0 aliphatic carbocycles. The minimum Gasteiger partial charge on any atom is -0.331 e. The first-order valence-corrected chi connectivity index (χ1v) is 7.85. The molecule has 22 heavy (non-hydrogen) atoms. The lowest BCUT2D eigenvalue weighted by atomic mass is 10.1. The van der Waals surface area contributed by atoms with Crippen LogP contribution in [-0.2, 0) is 6.54 Å². The van der Waals surface area contributed by atoms with Gasteiger partial charge < -0.3 is 10.2 Å². The standard InChI is InChI=1S/C19H24N2O/c1-3-14-21(15-17-10-6-4-7-11-17)19(22)20-16(2)18-12-8-5-9-13-18/h4-13,16H,3,14-15H2,1-2H3,(H,20,22)/t16-/m1/s1. The van der Waals surface area contributed by atoms with Crippen LogP contribution in [0.5, 0.6) is 0 Å². The zero-order chi connectivity index (χ0) is 15.8. The van der Waals surface area contributed by atoms with Crippen LogP contribution in [0.2, 0.25) is 0 Å². The fraction of sp³-hybridized carbons (Fsp3) is 0.316. The van der Waals surface area contributed by atoms with E-state index in [2.05, 4.69) is 24.4 Å².